The SMILES string of the molecule is O=C(N1CCOCC1)N1CCN(c2ccc3cc(Br)c(F)cc3n2)CC1. The maximum absolute atomic E-state index is 13.8. The summed E-state index contributed by atoms with van der Waals surface area (Å²) >= 11 is 3.20. The predicted molar refractivity (Wildman–Crippen MR) is 101 cm³/mol. The largest absolute Gasteiger partial charge is 0.378 e. The number of nitrogens with zero attached hydrogens (tertiary/aromatic N) is 4. The zero-order valence-corrected chi connectivity index (χ0v) is 15.9. The molecule has 2 saturated heterocycles. The van der Waals surface area contributed by atoms with E-state index in [2.05, 4.69) is 25.8 Å². The number of urea groups is 1. The summed E-state index contributed by atoms with van der Waals surface area (Å²) < 4.78 is 19.5. The fraction of sp³-hybridized carbons (Fsp3) is 0.444. The van der Waals surface area contributed by atoms with E-state index in [1.54, 1.807) is 6.07 Å². The molecule has 8 heteroatoms. The van der Waals surface area contributed by atoms with Crippen molar-refractivity contribution >= 4 is 38.7 Å². The molecule has 4 rings (SSSR count). The average molecular weight is 423 g/mol. The molecule has 2 aliphatic rings. The van der Waals surface area contributed by atoms with Crippen LogP contribution in [0.4, 0.5) is 15.0 Å². The molecule has 138 valence electrons. The van der Waals surface area contributed by atoms with Crippen LogP contribution in [0.25, 0.3) is 10.9 Å². The number of benzene rings is 1. The third kappa shape index (κ3) is 3.48. The fourth-order valence-corrected chi connectivity index (χ4v) is 3.73. The Bertz CT molecular complexity index is 820. The molecule has 0 spiro atoms. The second-order valence-electron chi connectivity index (χ2n) is 6.48. The van der Waals surface area contributed by atoms with Crippen molar-refractivity contribution in [3.05, 3.63) is 34.6 Å². The molecule has 0 N–H and O–H groups in total. The molecule has 0 atom stereocenters. The van der Waals surface area contributed by atoms with E-state index >= 15 is 0 Å². The normalized spacial score (nSPS) is 18.5. The summed E-state index contributed by atoms with van der Waals surface area (Å²) in [7, 11) is 0. The monoisotopic (exact) mass is 422 g/mol. The smallest absolute Gasteiger partial charge is 0.320 e. The number of ether oxygens (including phenoxy) is 1. The van der Waals surface area contributed by atoms with Crippen molar-refractivity contribution in [2.75, 3.05) is 57.4 Å². The number of hydrogen-bond acceptors (Lipinski definition) is 4. The van der Waals surface area contributed by atoms with Gasteiger partial charge in [-0.3, -0.25) is 0 Å². The first kappa shape index (κ1) is 17.5. The number of carbonyl (C=O) groups is 1. The van der Waals surface area contributed by atoms with E-state index in [0.717, 1.165) is 11.2 Å². The molecule has 2 amide bonds. The Morgan fingerprint density at radius 2 is 1.73 bits per heavy atom. The Kier molecular flexibility index (Phi) is 4.95. The number of halogens is 2. The van der Waals surface area contributed by atoms with Crippen molar-refractivity contribution in [2.45, 2.75) is 0 Å². The van der Waals surface area contributed by atoms with Crippen LogP contribution in [0.15, 0.2) is 28.7 Å². The molecule has 0 bridgehead atoms. The molecule has 2 aromatic rings. The molecule has 0 saturated carbocycles. The molecule has 26 heavy (non-hydrogen) atoms. The van der Waals surface area contributed by atoms with Gasteiger partial charge in [-0.2, -0.15) is 0 Å². The maximum atomic E-state index is 13.8. The van der Waals surface area contributed by atoms with Gasteiger partial charge in [-0.05, 0) is 34.1 Å². The van der Waals surface area contributed by atoms with Crippen molar-refractivity contribution in [1.82, 2.24) is 14.8 Å². The number of rotatable bonds is 1. The lowest BCUT2D eigenvalue weighted by Gasteiger charge is -2.39. The summed E-state index contributed by atoms with van der Waals surface area (Å²) in [5.41, 5.74) is 0.634. The second-order valence-corrected chi connectivity index (χ2v) is 7.34. The van der Waals surface area contributed by atoms with Crippen LogP contribution in [-0.2, 0) is 4.74 Å². The number of fused-ring (bicyclic) bond motifs is 1. The summed E-state index contributed by atoms with van der Waals surface area (Å²) in [6.07, 6.45) is 0. The van der Waals surface area contributed by atoms with Gasteiger partial charge in [0.05, 0.1) is 23.2 Å². The number of carbonyl (C=O) groups excluding carboxylic acids is 1. The van der Waals surface area contributed by atoms with E-state index in [1.807, 2.05) is 21.9 Å². The van der Waals surface area contributed by atoms with Crippen molar-refractivity contribution in [1.29, 1.82) is 0 Å². The Morgan fingerprint density at radius 3 is 2.46 bits per heavy atom. The number of aromatic nitrogens is 1. The van der Waals surface area contributed by atoms with Gasteiger partial charge >= 0.3 is 6.03 Å². The predicted octanol–water partition coefficient (Wildman–Crippen LogP) is 2.71. The molecule has 6 nitrogen and oxygen atoms in total. The van der Waals surface area contributed by atoms with Gasteiger partial charge in [0.25, 0.3) is 0 Å². The molecule has 0 radical (unpaired) electrons. The zero-order valence-electron chi connectivity index (χ0n) is 14.3. The minimum Gasteiger partial charge on any atom is -0.378 e. The Balaban J connectivity index is 1.43. The summed E-state index contributed by atoms with van der Waals surface area (Å²) in [4.78, 5) is 23.0. The molecule has 0 unspecified atom stereocenters. The van der Waals surface area contributed by atoms with Crippen LogP contribution in [0.2, 0.25) is 0 Å². The van der Waals surface area contributed by atoms with Gasteiger partial charge in [0.2, 0.25) is 0 Å². The van der Waals surface area contributed by atoms with Crippen LogP contribution in [0.5, 0.6) is 0 Å². The molecule has 3 heterocycles. The van der Waals surface area contributed by atoms with Gasteiger partial charge < -0.3 is 19.4 Å². The third-order valence-electron chi connectivity index (χ3n) is 4.87. The van der Waals surface area contributed by atoms with Crippen LogP contribution < -0.4 is 4.90 Å². The quantitative estimate of drug-likeness (QED) is 0.708. The lowest BCUT2D eigenvalue weighted by Crippen LogP contribution is -2.55. The number of pyridine rings is 1. The number of anilines is 1. The minimum absolute atomic E-state index is 0.0892. The van der Waals surface area contributed by atoms with Gasteiger partial charge in [0.15, 0.2) is 0 Å². The van der Waals surface area contributed by atoms with E-state index in [4.69, 9.17) is 4.74 Å². The average Bonchev–Trinajstić information content (AvgIpc) is 2.69. The lowest BCUT2D eigenvalue weighted by atomic mass is 10.2. The highest BCUT2D eigenvalue weighted by Crippen LogP contribution is 2.25. The molecule has 2 aliphatic heterocycles. The van der Waals surface area contributed by atoms with Crippen molar-refractivity contribution in [3.63, 3.8) is 0 Å². The lowest BCUT2D eigenvalue weighted by molar-refractivity contribution is 0.0428. The standard InChI is InChI=1S/C18H20BrFN4O2/c19-14-11-13-1-2-17(21-16(13)12-15(14)20)22-3-5-23(6-4-22)18(25)24-7-9-26-10-8-24/h1-2,11-12H,3-10H2. The topological polar surface area (TPSA) is 48.9 Å². The highest BCUT2D eigenvalue weighted by molar-refractivity contribution is 9.10. The number of amides is 2. The van der Waals surface area contributed by atoms with Gasteiger partial charge in [-0.15, -0.1) is 0 Å². The minimum atomic E-state index is -0.317. The molecule has 2 fully saturated rings. The first-order valence-corrected chi connectivity index (χ1v) is 9.53. The fourth-order valence-electron chi connectivity index (χ4n) is 3.36. The molecule has 1 aromatic heterocycles. The van der Waals surface area contributed by atoms with Crippen molar-refractivity contribution < 1.29 is 13.9 Å². The third-order valence-corrected chi connectivity index (χ3v) is 5.48. The number of hydrogen-bond donors (Lipinski definition) is 0. The zero-order chi connectivity index (χ0) is 18.1. The maximum Gasteiger partial charge on any atom is 0.320 e. The van der Waals surface area contributed by atoms with Crippen LogP contribution in [0, 0.1) is 5.82 Å². The van der Waals surface area contributed by atoms with Crippen molar-refractivity contribution in [2.24, 2.45) is 0 Å². The first-order chi connectivity index (χ1) is 12.6. The van der Waals surface area contributed by atoms with Crippen LogP contribution in [0.1, 0.15) is 0 Å². The number of morpholine rings is 1. The molecule has 1 aromatic carbocycles. The van der Waals surface area contributed by atoms with Crippen LogP contribution in [0.3, 0.4) is 0 Å². The molecular weight excluding hydrogens is 403 g/mol. The van der Waals surface area contributed by atoms with Crippen LogP contribution >= 0.6 is 15.9 Å². The van der Waals surface area contributed by atoms with E-state index in [9.17, 15) is 9.18 Å². The van der Waals surface area contributed by atoms with Crippen molar-refractivity contribution in [3.8, 4) is 0 Å². The second kappa shape index (κ2) is 7.36. The summed E-state index contributed by atoms with van der Waals surface area (Å²) in [5, 5.41) is 0.892. The first-order valence-electron chi connectivity index (χ1n) is 8.74. The Morgan fingerprint density at radius 1 is 1.04 bits per heavy atom. The van der Waals surface area contributed by atoms with Gasteiger partial charge in [-0.25, -0.2) is 14.2 Å². The van der Waals surface area contributed by atoms with Gasteiger partial charge in [0.1, 0.15) is 11.6 Å². The summed E-state index contributed by atoms with van der Waals surface area (Å²) in [5.74, 6) is 0.501. The Labute approximate surface area is 159 Å². The van der Waals surface area contributed by atoms with Gasteiger partial charge in [-0.1, -0.05) is 0 Å². The van der Waals surface area contributed by atoms with E-state index < -0.39 is 0 Å². The summed E-state index contributed by atoms with van der Waals surface area (Å²) in [6.45, 7) is 5.29. The van der Waals surface area contributed by atoms with Gasteiger partial charge in [0, 0.05) is 50.7 Å². The summed E-state index contributed by atoms with van der Waals surface area (Å²) in [6, 6.07) is 7.17. The highest BCUT2D eigenvalue weighted by Gasteiger charge is 2.26. The van der Waals surface area contributed by atoms with E-state index in [1.165, 1.54) is 6.07 Å². The van der Waals surface area contributed by atoms with E-state index in [0.29, 0.717) is 62.5 Å². The highest BCUT2D eigenvalue weighted by atomic mass is 79.9. The molecule has 0 aliphatic carbocycles. The molecular formula is C18H20BrFN4O2. The Hall–Kier alpha value is -1.93. The van der Waals surface area contributed by atoms with E-state index in [-0.39, 0.29) is 11.8 Å². The number of piperazine rings is 1. The van der Waals surface area contributed by atoms with Crippen LogP contribution in [-0.4, -0.2) is 73.3 Å².